The third kappa shape index (κ3) is 5.06. The van der Waals surface area contributed by atoms with Gasteiger partial charge in [-0.1, -0.05) is 206 Å². The Morgan fingerprint density at radius 3 is 1.47 bits per heavy atom. The maximum Gasteiger partial charge on any atom is 0.0746 e. The smallest absolute Gasteiger partial charge is 0.0746 e. The summed E-state index contributed by atoms with van der Waals surface area (Å²) in [7, 11) is 0. The maximum atomic E-state index is 2.56. The van der Waals surface area contributed by atoms with Crippen LogP contribution in [0.25, 0.3) is 66.4 Å². The molecule has 10 aromatic rings. The monoisotopic (exact) mass is 761 g/mol. The molecule has 0 N–H and O–H groups in total. The summed E-state index contributed by atoms with van der Waals surface area (Å²) in [6, 6.07) is 87.4. The second kappa shape index (κ2) is 13.7. The van der Waals surface area contributed by atoms with Gasteiger partial charge in [0.05, 0.1) is 16.8 Å². The van der Waals surface area contributed by atoms with Gasteiger partial charge in [0.15, 0.2) is 0 Å². The van der Waals surface area contributed by atoms with Crippen LogP contribution in [0.5, 0.6) is 0 Å². The number of nitrogens with zero attached hydrogens (tertiary/aromatic N) is 1. The van der Waals surface area contributed by atoms with Gasteiger partial charge in [0.2, 0.25) is 0 Å². The van der Waals surface area contributed by atoms with E-state index in [9.17, 15) is 0 Å². The third-order valence-electron chi connectivity index (χ3n) is 12.8. The van der Waals surface area contributed by atoms with E-state index in [1.807, 2.05) is 0 Å². The molecule has 280 valence electrons. The summed E-state index contributed by atoms with van der Waals surface area (Å²) in [4.78, 5) is 2.56. The molecule has 2 aliphatic carbocycles. The van der Waals surface area contributed by atoms with Crippen molar-refractivity contribution in [2.45, 2.75) is 5.41 Å². The van der Waals surface area contributed by atoms with E-state index >= 15 is 0 Å². The van der Waals surface area contributed by atoms with Crippen LogP contribution in [0.15, 0.2) is 237 Å². The van der Waals surface area contributed by atoms with Crippen LogP contribution in [0.2, 0.25) is 0 Å². The van der Waals surface area contributed by atoms with Gasteiger partial charge >= 0.3 is 0 Å². The zero-order valence-corrected chi connectivity index (χ0v) is 33.0. The van der Waals surface area contributed by atoms with Gasteiger partial charge in [-0.15, -0.1) is 0 Å². The topological polar surface area (TPSA) is 3.24 Å². The van der Waals surface area contributed by atoms with Crippen molar-refractivity contribution in [3.05, 3.63) is 259 Å². The maximum absolute atomic E-state index is 2.56. The molecule has 10 aromatic carbocycles. The molecule has 1 spiro atoms. The lowest BCUT2D eigenvalue weighted by atomic mass is 9.70. The number of fused-ring (bicyclic) bond motifs is 11. The molecule has 0 aliphatic heterocycles. The second-order valence-electron chi connectivity index (χ2n) is 16.0. The van der Waals surface area contributed by atoms with Crippen molar-refractivity contribution in [2.24, 2.45) is 0 Å². The summed E-state index contributed by atoms with van der Waals surface area (Å²) < 4.78 is 0. The lowest BCUT2D eigenvalue weighted by molar-refractivity contribution is 0.793. The number of benzene rings is 10. The second-order valence-corrected chi connectivity index (χ2v) is 16.0. The fourth-order valence-electron chi connectivity index (χ4n) is 10.4. The first-order valence-electron chi connectivity index (χ1n) is 20.8. The Balaban J connectivity index is 1.18. The van der Waals surface area contributed by atoms with E-state index in [1.54, 1.807) is 0 Å². The molecule has 0 fully saturated rings. The molecule has 0 saturated carbocycles. The summed E-state index contributed by atoms with van der Waals surface area (Å²) in [6.07, 6.45) is 0. The number of rotatable bonds is 6. The molecule has 60 heavy (non-hydrogen) atoms. The van der Waals surface area contributed by atoms with E-state index in [0.29, 0.717) is 0 Å². The van der Waals surface area contributed by atoms with Gasteiger partial charge in [-0.3, -0.25) is 0 Å². The Morgan fingerprint density at radius 1 is 0.300 bits per heavy atom. The van der Waals surface area contributed by atoms with Gasteiger partial charge in [0.1, 0.15) is 0 Å². The Kier molecular flexibility index (Phi) is 7.83. The molecule has 0 atom stereocenters. The molecule has 12 rings (SSSR count). The van der Waals surface area contributed by atoms with Gasteiger partial charge in [0.25, 0.3) is 0 Å². The van der Waals surface area contributed by atoms with Crippen LogP contribution in [0.1, 0.15) is 22.3 Å². The number of anilines is 3. The minimum Gasteiger partial charge on any atom is -0.309 e. The normalized spacial score (nSPS) is 12.8. The number of hydrogen-bond donors (Lipinski definition) is 0. The van der Waals surface area contributed by atoms with Crippen molar-refractivity contribution in [3.63, 3.8) is 0 Å². The van der Waals surface area contributed by atoms with E-state index in [-0.39, 0.29) is 0 Å². The Morgan fingerprint density at radius 2 is 0.783 bits per heavy atom. The van der Waals surface area contributed by atoms with Gasteiger partial charge in [-0.2, -0.15) is 0 Å². The SMILES string of the molecule is c1ccc(-c2cccc(-c3cccc(N(c4cccc5c4C4(c6ccccc6-c6ccccc64)c4ccccc4-5)c4ccc5ccccc5c4-c4ccccc4)c3)c2)cc1. The van der Waals surface area contributed by atoms with E-state index in [2.05, 4.69) is 241 Å². The summed E-state index contributed by atoms with van der Waals surface area (Å²) in [5.41, 5.74) is 20.5. The van der Waals surface area contributed by atoms with E-state index in [1.165, 1.54) is 88.7 Å². The quantitative estimate of drug-likeness (QED) is 0.163. The molecule has 0 unspecified atom stereocenters. The van der Waals surface area contributed by atoms with Crippen LogP contribution in [0, 0.1) is 0 Å². The first kappa shape index (κ1) is 34.3. The van der Waals surface area contributed by atoms with Crippen molar-refractivity contribution in [1.82, 2.24) is 0 Å². The van der Waals surface area contributed by atoms with Crippen LogP contribution in [-0.2, 0) is 5.41 Å². The lowest BCUT2D eigenvalue weighted by Crippen LogP contribution is -2.28. The van der Waals surface area contributed by atoms with Crippen molar-refractivity contribution < 1.29 is 0 Å². The van der Waals surface area contributed by atoms with Crippen molar-refractivity contribution in [2.75, 3.05) is 4.90 Å². The van der Waals surface area contributed by atoms with E-state index < -0.39 is 5.41 Å². The average molecular weight is 762 g/mol. The van der Waals surface area contributed by atoms with Gasteiger partial charge in [-0.05, 0) is 108 Å². The fraction of sp³-hybridized carbons (Fsp3) is 0.0169. The zero-order valence-electron chi connectivity index (χ0n) is 33.0. The van der Waals surface area contributed by atoms with E-state index in [0.717, 1.165) is 17.1 Å². The Bertz CT molecular complexity index is 3210. The van der Waals surface area contributed by atoms with Crippen LogP contribution in [0.4, 0.5) is 17.1 Å². The molecule has 2 aliphatic rings. The lowest BCUT2D eigenvalue weighted by Gasteiger charge is -2.36. The molecule has 0 saturated heterocycles. The van der Waals surface area contributed by atoms with E-state index in [4.69, 9.17) is 0 Å². The molecule has 1 nitrogen and oxygen atoms in total. The molecule has 0 aromatic heterocycles. The molecule has 0 amide bonds. The molecule has 0 heterocycles. The van der Waals surface area contributed by atoms with Crippen LogP contribution >= 0.6 is 0 Å². The van der Waals surface area contributed by atoms with Gasteiger partial charge < -0.3 is 4.90 Å². The fourth-order valence-corrected chi connectivity index (χ4v) is 10.4. The van der Waals surface area contributed by atoms with Crippen LogP contribution in [0.3, 0.4) is 0 Å². The zero-order chi connectivity index (χ0) is 39.6. The van der Waals surface area contributed by atoms with Crippen molar-refractivity contribution >= 4 is 27.8 Å². The molecular weight excluding hydrogens is 723 g/mol. The van der Waals surface area contributed by atoms with Gasteiger partial charge in [-0.25, -0.2) is 0 Å². The van der Waals surface area contributed by atoms with Crippen LogP contribution in [-0.4, -0.2) is 0 Å². The van der Waals surface area contributed by atoms with Crippen molar-refractivity contribution in [3.8, 4) is 55.6 Å². The standard InChI is InChI=1S/C59H39N/c1-3-18-40(19-4-1)43-23-15-24-44(38-43)45-25-16-26-46(39-45)60(55-37-36-41-20-7-8-27-47(41)57(55)42-21-5-2-6-22-42)56-35-17-31-51-50-30-11-14-34-54(50)59(58(51)56)52-32-12-9-28-48(52)49-29-10-13-33-53(49)59/h1-39H. The van der Waals surface area contributed by atoms with Crippen LogP contribution < -0.4 is 4.90 Å². The largest absolute Gasteiger partial charge is 0.309 e. The number of hydrogen-bond acceptors (Lipinski definition) is 1. The minimum absolute atomic E-state index is 0.528. The van der Waals surface area contributed by atoms with Crippen molar-refractivity contribution in [1.29, 1.82) is 0 Å². The summed E-state index contributed by atoms with van der Waals surface area (Å²) >= 11 is 0. The average Bonchev–Trinajstić information content (AvgIpc) is 3.80. The third-order valence-corrected chi connectivity index (χ3v) is 12.8. The highest BCUT2D eigenvalue weighted by Crippen LogP contribution is 2.65. The highest BCUT2D eigenvalue weighted by molar-refractivity contribution is 6.07. The highest BCUT2D eigenvalue weighted by atomic mass is 15.1. The molecule has 0 bridgehead atoms. The highest BCUT2D eigenvalue weighted by Gasteiger charge is 2.53. The summed E-state index contributed by atoms with van der Waals surface area (Å²) in [5, 5.41) is 2.44. The first-order valence-corrected chi connectivity index (χ1v) is 20.8. The Hall–Kier alpha value is -7.74. The predicted octanol–water partition coefficient (Wildman–Crippen LogP) is 15.7. The van der Waals surface area contributed by atoms with Gasteiger partial charge in [0, 0.05) is 16.8 Å². The molecular formula is C59H39N. The first-order chi connectivity index (χ1) is 29.8. The minimum atomic E-state index is -0.528. The summed E-state index contributed by atoms with van der Waals surface area (Å²) in [6.45, 7) is 0. The Labute approximate surface area is 351 Å². The summed E-state index contributed by atoms with van der Waals surface area (Å²) in [5.74, 6) is 0. The predicted molar refractivity (Wildman–Crippen MR) is 251 cm³/mol. The molecule has 0 radical (unpaired) electrons. The molecule has 1 heteroatoms.